The van der Waals surface area contributed by atoms with Crippen molar-refractivity contribution in [2.75, 3.05) is 19.6 Å². The molecule has 4 heterocycles. The molecule has 152 valence electrons. The Morgan fingerprint density at radius 3 is 2.93 bits per heavy atom. The fraction of sp³-hybridized carbons (Fsp3) is 0.450. The van der Waals surface area contributed by atoms with Crippen LogP contribution >= 0.6 is 11.6 Å². The van der Waals surface area contributed by atoms with Crippen LogP contribution in [0.15, 0.2) is 34.5 Å². The van der Waals surface area contributed by atoms with Crippen molar-refractivity contribution in [1.29, 1.82) is 0 Å². The van der Waals surface area contributed by atoms with E-state index in [0.717, 1.165) is 42.8 Å². The minimum Gasteiger partial charge on any atom is -0.334 e. The van der Waals surface area contributed by atoms with Crippen LogP contribution in [0.1, 0.15) is 30.1 Å². The van der Waals surface area contributed by atoms with Crippen LogP contribution in [0.2, 0.25) is 5.02 Å². The van der Waals surface area contributed by atoms with Gasteiger partial charge in [-0.2, -0.15) is 4.98 Å². The Bertz CT molecular complexity index is 968. The topological polar surface area (TPSA) is 95.3 Å². The summed E-state index contributed by atoms with van der Waals surface area (Å²) in [7, 11) is 0. The van der Waals surface area contributed by atoms with Gasteiger partial charge in [-0.15, -0.1) is 0 Å². The van der Waals surface area contributed by atoms with Crippen LogP contribution < -0.4 is 16.1 Å². The summed E-state index contributed by atoms with van der Waals surface area (Å²) in [6.07, 6.45) is 3.53. The number of hydrazine groups is 1. The van der Waals surface area contributed by atoms with E-state index >= 15 is 0 Å². The molecule has 0 bridgehead atoms. The third kappa shape index (κ3) is 3.41. The van der Waals surface area contributed by atoms with Crippen molar-refractivity contribution in [1.82, 2.24) is 31.2 Å². The van der Waals surface area contributed by atoms with Gasteiger partial charge in [-0.1, -0.05) is 22.8 Å². The van der Waals surface area contributed by atoms with E-state index in [1.165, 1.54) is 0 Å². The summed E-state index contributed by atoms with van der Waals surface area (Å²) < 4.78 is 5.55. The van der Waals surface area contributed by atoms with E-state index in [4.69, 9.17) is 16.1 Å². The smallest absolute Gasteiger partial charge is 0.258 e. The molecule has 2 atom stereocenters. The van der Waals surface area contributed by atoms with E-state index in [0.29, 0.717) is 29.2 Å². The monoisotopic (exact) mass is 414 g/mol. The quantitative estimate of drug-likeness (QED) is 0.706. The molecule has 1 amide bonds. The summed E-state index contributed by atoms with van der Waals surface area (Å²) in [5.74, 6) is 1.20. The van der Waals surface area contributed by atoms with Crippen LogP contribution in [-0.2, 0) is 4.79 Å². The minimum absolute atomic E-state index is 0.0668. The highest BCUT2D eigenvalue weighted by Crippen LogP contribution is 2.35. The molecule has 0 saturated carbocycles. The van der Waals surface area contributed by atoms with Crippen molar-refractivity contribution in [2.45, 2.75) is 31.8 Å². The van der Waals surface area contributed by atoms with Crippen molar-refractivity contribution >= 4 is 17.5 Å². The van der Waals surface area contributed by atoms with Gasteiger partial charge in [0.05, 0.1) is 5.92 Å². The molecule has 1 aromatic heterocycles. The van der Waals surface area contributed by atoms with Gasteiger partial charge in [0.25, 0.3) is 5.89 Å². The summed E-state index contributed by atoms with van der Waals surface area (Å²) in [6, 6.07) is 5.59. The first-order chi connectivity index (χ1) is 14.1. The van der Waals surface area contributed by atoms with Gasteiger partial charge in [0.2, 0.25) is 5.91 Å². The number of piperidine rings is 1. The van der Waals surface area contributed by atoms with Crippen molar-refractivity contribution in [3.8, 4) is 11.5 Å². The highest BCUT2D eigenvalue weighted by Gasteiger charge is 2.43. The molecule has 2 fully saturated rings. The van der Waals surface area contributed by atoms with Crippen LogP contribution in [-0.4, -0.2) is 46.9 Å². The van der Waals surface area contributed by atoms with Crippen molar-refractivity contribution in [3.05, 3.63) is 46.4 Å². The number of aryl methyl sites for hydroxylation is 1. The summed E-state index contributed by atoms with van der Waals surface area (Å²) in [5, 5.41) is 13.4. The number of nitrogens with zero attached hydrogens (tertiary/aromatic N) is 3. The molecule has 9 heteroatoms. The molecule has 0 aliphatic carbocycles. The summed E-state index contributed by atoms with van der Waals surface area (Å²) in [5.41, 5.74) is 6.32. The first-order valence-corrected chi connectivity index (χ1v) is 10.3. The molecule has 1 aromatic carbocycles. The van der Waals surface area contributed by atoms with Crippen LogP contribution in [0.4, 0.5) is 0 Å². The molecule has 8 nitrogen and oxygen atoms in total. The van der Waals surface area contributed by atoms with E-state index in [9.17, 15) is 4.79 Å². The number of amides is 1. The zero-order valence-electron chi connectivity index (χ0n) is 16.1. The molecule has 2 unspecified atom stereocenters. The molecule has 0 spiro atoms. The van der Waals surface area contributed by atoms with Gasteiger partial charge in [0, 0.05) is 34.8 Å². The zero-order valence-corrected chi connectivity index (χ0v) is 16.9. The fourth-order valence-corrected chi connectivity index (χ4v) is 4.55. The lowest BCUT2D eigenvalue weighted by Crippen LogP contribution is -2.54. The predicted molar refractivity (Wildman–Crippen MR) is 108 cm³/mol. The Morgan fingerprint density at radius 1 is 1.28 bits per heavy atom. The van der Waals surface area contributed by atoms with Crippen LogP contribution in [0.3, 0.4) is 0 Å². The molecular weight excluding hydrogens is 392 g/mol. The SMILES string of the molecule is Cc1ccc(Cl)cc1-c1nc(C2CNN3C(C4CCNCC4)=CC(=O)NC23)no1. The van der Waals surface area contributed by atoms with Gasteiger partial charge in [-0.3, -0.25) is 9.80 Å². The lowest BCUT2D eigenvalue weighted by Gasteiger charge is -2.38. The minimum atomic E-state index is -0.233. The van der Waals surface area contributed by atoms with Gasteiger partial charge >= 0.3 is 0 Å². The van der Waals surface area contributed by atoms with Crippen molar-refractivity contribution in [2.24, 2.45) is 5.92 Å². The standard InChI is InChI=1S/C20H23ClN6O2/c1-11-2-3-13(21)8-14(11)20-25-18(26-29-20)15-10-23-27-16(9-17(28)24-19(15)27)12-4-6-22-7-5-12/h2-3,8-9,12,15,19,22-23H,4-7,10H2,1H3,(H,24,28). The molecule has 3 aliphatic heterocycles. The number of rotatable bonds is 3. The van der Waals surface area contributed by atoms with E-state index in [-0.39, 0.29) is 18.0 Å². The second-order valence-electron chi connectivity index (χ2n) is 7.80. The lowest BCUT2D eigenvalue weighted by molar-refractivity contribution is -0.119. The Balaban J connectivity index is 1.41. The number of hydrogen-bond acceptors (Lipinski definition) is 7. The highest BCUT2D eigenvalue weighted by atomic mass is 35.5. The number of allylic oxidation sites excluding steroid dienone is 1. The summed E-state index contributed by atoms with van der Waals surface area (Å²) >= 11 is 6.13. The molecule has 0 radical (unpaired) electrons. The molecule has 29 heavy (non-hydrogen) atoms. The Morgan fingerprint density at radius 2 is 2.10 bits per heavy atom. The number of fused-ring (bicyclic) bond motifs is 1. The Labute approximate surface area is 173 Å². The molecular formula is C20H23ClN6O2. The number of hydrogen-bond donors (Lipinski definition) is 3. The van der Waals surface area contributed by atoms with E-state index in [1.807, 2.05) is 25.1 Å². The largest absolute Gasteiger partial charge is 0.334 e. The average Bonchev–Trinajstić information content (AvgIpc) is 3.37. The van der Waals surface area contributed by atoms with Gasteiger partial charge in [0.15, 0.2) is 5.82 Å². The second-order valence-corrected chi connectivity index (χ2v) is 8.24. The summed E-state index contributed by atoms with van der Waals surface area (Å²) in [4.78, 5) is 17.0. The molecule has 3 aliphatic rings. The van der Waals surface area contributed by atoms with E-state index in [2.05, 4.69) is 31.2 Å². The molecule has 2 saturated heterocycles. The fourth-order valence-electron chi connectivity index (χ4n) is 4.38. The third-order valence-electron chi connectivity index (χ3n) is 5.95. The maximum Gasteiger partial charge on any atom is 0.258 e. The molecule has 5 rings (SSSR count). The van der Waals surface area contributed by atoms with Crippen LogP contribution in [0, 0.1) is 12.8 Å². The first kappa shape index (κ1) is 18.6. The van der Waals surface area contributed by atoms with E-state index < -0.39 is 0 Å². The third-order valence-corrected chi connectivity index (χ3v) is 6.18. The summed E-state index contributed by atoms with van der Waals surface area (Å²) in [6.45, 7) is 4.55. The normalized spacial score (nSPS) is 25.0. The number of nitrogens with one attached hydrogen (secondary N) is 3. The Kier molecular flexibility index (Phi) is 4.77. The lowest BCUT2D eigenvalue weighted by atomic mass is 9.92. The number of carbonyl (C=O) groups excluding carboxylic acids is 1. The highest BCUT2D eigenvalue weighted by molar-refractivity contribution is 6.30. The van der Waals surface area contributed by atoms with Crippen LogP contribution in [0.5, 0.6) is 0 Å². The molecule has 2 aromatic rings. The second kappa shape index (κ2) is 7.44. The van der Waals surface area contributed by atoms with Crippen molar-refractivity contribution in [3.63, 3.8) is 0 Å². The molecule has 3 N–H and O–H groups in total. The predicted octanol–water partition coefficient (Wildman–Crippen LogP) is 1.94. The zero-order chi connectivity index (χ0) is 20.0. The van der Waals surface area contributed by atoms with E-state index in [1.54, 1.807) is 6.08 Å². The van der Waals surface area contributed by atoms with Gasteiger partial charge < -0.3 is 15.2 Å². The van der Waals surface area contributed by atoms with Gasteiger partial charge in [-0.25, -0.2) is 5.43 Å². The van der Waals surface area contributed by atoms with Crippen molar-refractivity contribution < 1.29 is 9.32 Å². The number of carbonyl (C=O) groups is 1. The first-order valence-electron chi connectivity index (χ1n) is 9.96. The average molecular weight is 415 g/mol. The maximum atomic E-state index is 12.4. The van der Waals surface area contributed by atoms with Crippen LogP contribution in [0.25, 0.3) is 11.5 Å². The van der Waals surface area contributed by atoms with Gasteiger partial charge in [-0.05, 0) is 50.6 Å². The number of aromatic nitrogens is 2. The maximum absolute atomic E-state index is 12.4. The Hall–Kier alpha value is -2.42. The van der Waals surface area contributed by atoms with Gasteiger partial charge in [0.1, 0.15) is 6.17 Å². The number of halogens is 1. The number of benzene rings is 1.